The molecule has 5 rings (SSSR count). The van der Waals surface area contributed by atoms with Crippen molar-refractivity contribution in [3.63, 3.8) is 0 Å². The van der Waals surface area contributed by atoms with Gasteiger partial charge in [-0.3, -0.25) is 9.88 Å². The number of thiazole rings is 1. The first-order valence-electron chi connectivity index (χ1n) is 9.25. The van der Waals surface area contributed by atoms with Crippen molar-refractivity contribution in [2.75, 3.05) is 13.1 Å². The highest BCUT2D eigenvalue weighted by molar-refractivity contribution is 7.16. The fourth-order valence-electron chi connectivity index (χ4n) is 3.79. The van der Waals surface area contributed by atoms with E-state index in [2.05, 4.69) is 50.2 Å². The molecule has 1 aliphatic rings. The number of pyridine rings is 1. The largest absolute Gasteiger partial charge is 0.465 e. The molecule has 1 atom stereocenters. The molecule has 0 radical (unpaired) electrons. The summed E-state index contributed by atoms with van der Waals surface area (Å²) >= 11 is 1.67. The summed E-state index contributed by atoms with van der Waals surface area (Å²) in [5.74, 6) is 0.291. The van der Waals surface area contributed by atoms with E-state index in [1.54, 1.807) is 17.5 Å². The van der Waals surface area contributed by atoms with Crippen LogP contribution in [0, 0.1) is 0 Å². The van der Waals surface area contributed by atoms with Crippen molar-refractivity contribution in [2.24, 2.45) is 0 Å². The van der Waals surface area contributed by atoms with Crippen LogP contribution in [0.5, 0.6) is 6.08 Å². The fraction of sp³-hybridized carbons (Fsp3) is 0.300. The molecule has 1 aromatic carbocycles. The van der Waals surface area contributed by atoms with E-state index in [1.165, 1.54) is 15.8 Å². The van der Waals surface area contributed by atoms with Crippen molar-refractivity contribution in [3.05, 3.63) is 52.8 Å². The molecule has 1 N–H and O–H groups in total. The lowest BCUT2D eigenvalue weighted by molar-refractivity contribution is 0.221. The maximum absolute atomic E-state index is 9.28. The zero-order valence-corrected chi connectivity index (χ0v) is 16.2. The molecule has 7 nitrogen and oxygen atoms in total. The first kappa shape index (κ1) is 17.3. The Labute approximate surface area is 165 Å². The van der Waals surface area contributed by atoms with Gasteiger partial charge in [0.25, 0.3) is 5.89 Å². The summed E-state index contributed by atoms with van der Waals surface area (Å²) in [4.78, 5) is 11.6. The van der Waals surface area contributed by atoms with Gasteiger partial charge in [-0.1, -0.05) is 11.2 Å². The third-order valence-corrected chi connectivity index (χ3v) is 6.22. The minimum atomic E-state index is -0.429. The van der Waals surface area contributed by atoms with E-state index in [0.717, 1.165) is 42.7 Å². The van der Waals surface area contributed by atoms with Crippen LogP contribution in [-0.2, 0) is 12.8 Å². The Hall–Kier alpha value is -2.84. The van der Waals surface area contributed by atoms with E-state index in [0.29, 0.717) is 11.9 Å². The van der Waals surface area contributed by atoms with Crippen LogP contribution in [0.25, 0.3) is 21.7 Å². The molecule has 0 amide bonds. The second-order valence-electron chi connectivity index (χ2n) is 7.01. The van der Waals surface area contributed by atoms with Gasteiger partial charge in [0.05, 0.1) is 21.3 Å². The summed E-state index contributed by atoms with van der Waals surface area (Å²) < 4.78 is 6.34. The van der Waals surface area contributed by atoms with Crippen LogP contribution < -0.4 is 0 Å². The molecule has 8 heteroatoms. The molecule has 0 spiro atoms. The van der Waals surface area contributed by atoms with E-state index in [4.69, 9.17) is 4.42 Å². The molecule has 0 aliphatic carbocycles. The summed E-state index contributed by atoms with van der Waals surface area (Å²) in [6, 6.07) is 8.94. The molecule has 0 saturated carbocycles. The normalized spacial score (nSPS) is 16.0. The standard InChI is InChI=1S/C20H19N5O2S/c1-12(13-2-3-18-17(9-13)22-11-28-18)25-6-4-14-8-15(10-21-16(14)5-7-25)19-23-24-20(26)27-19/h2-3,8-12H,4-7H2,1H3,(H,24,26)/t12-/m1/s1. The van der Waals surface area contributed by atoms with Gasteiger partial charge in [0.15, 0.2) is 0 Å². The highest BCUT2D eigenvalue weighted by Crippen LogP contribution is 2.29. The Balaban J connectivity index is 1.36. The molecule has 0 unspecified atom stereocenters. The van der Waals surface area contributed by atoms with Crippen molar-refractivity contribution in [2.45, 2.75) is 25.8 Å². The second kappa shape index (κ2) is 6.96. The first-order chi connectivity index (χ1) is 13.7. The third-order valence-electron chi connectivity index (χ3n) is 5.41. The Bertz CT molecular complexity index is 1140. The summed E-state index contributed by atoms with van der Waals surface area (Å²) in [7, 11) is 0. The fourth-order valence-corrected chi connectivity index (χ4v) is 4.45. The van der Waals surface area contributed by atoms with E-state index < -0.39 is 6.08 Å². The zero-order chi connectivity index (χ0) is 19.1. The maximum atomic E-state index is 9.28. The van der Waals surface area contributed by atoms with Crippen LogP contribution in [0.1, 0.15) is 29.8 Å². The lowest BCUT2D eigenvalue weighted by atomic mass is 10.1. The molecule has 4 heterocycles. The molecule has 4 aromatic rings. The van der Waals surface area contributed by atoms with Gasteiger partial charge in [0, 0.05) is 37.4 Å². The topological polar surface area (TPSA) is 88.2 Å². The number of hydrogen-bond acceptors (Lipinski definition) is 8. The quantitative estimate of drug-likeness (QED) is 0.569. The Kier molecular flexibility index (Phi) is 4.29. The molecule has 3 aromatic heterocycles. The number of aromatic hydroxyl groups is 1. The molecule has 0 saturated heterocycles. The summed E-state index contributed by atoms with van der Waals surface area (Å²) in [5.41, 5.74) is 7.30. The van der Waals surface area contributed by atoms with Gasteiger partial charge in [-0.25, -0.2) is 4.98 Å². The lowest BCUT2D eigenvalue weighted by Gasteiger charge is -2.27. The molecule has 28 heavy (non-hydrogen) atoms. The maximum Gasteiger partial charge on any atom is 0.412 e. The van der Waals surface area contributed by atoms with E-state index >= 15 is 0 Å². The summed E-state index contributed by atoms with van der Waals surface area (Å²) in [5, 5.41) is 16.6. The lowest BCUT2D eigenvalue weighted by Crippen LogP contribution is -2.29. The van der Waals surface area contributed by atoms with Gasteiger partial charge in [-0.15, -0.1) is 16.4 Å². The van der Waals surface area contributed by atoms with E-state index in [9.17, 15) is 5.11 Å². The van der Waals surface area contributed by atoms with Gasteiger partial charge in [0.1, 0.15) is 0 Å². The van der Waals surface area contributed by atoms with Gasteiger partial charge in [-0.2, -0.15) is 0 Å². The Morgan fingerprint density at radius 3 is 2.89 bits per heavy atom. The van der Waals surface area contributed by atoms with Gasteiger partial charge >= 0.3 is 6.08 Å². The molecule has 0 bridgehead atoms. The highest BCUT2D eigenvalue weighted by atomic mass is 32.1. The van der Waals surface area contributed by atoms with E-state index in [1.807, 2.05) is 11.6 Å². The number of rotatable bonds is 3. The predicted octanol–water partition coefficient (Wildman–Crippen LogP) is 3.61. The number of hydrogen-bond donors (Lipinski definition) is 1. The zero-order valence-electron chi connectivity index (χ0n) is 15.4. The van der Waals surface area contributed by atoms with Crippen molar-refractivity contribution < 1.29 is 9.52 Å². The average Bonchev–Trinajstić information content (AvgIpc) is 3.30. The van der Waals surface area contributed by atoms with Crippen LogP contribution in [0.3, 0.4) is 0 Å². The van der Waals surface area contributed by atoms with Crippen molar-refractivity contribution in [1.82, 2.24) is 25.1 Å². The Morgan fingerprint density at radius 2 is 2.04 bits per heavy atom. The van der Waals surface area contributed by atoms with Crippen molar-refractivity contribution in [1.29, 1.82) is 0 Å². The minimum absolute atomic E-state index is 0.291. The third kappa shape index (κ3) is 3.14. The Morgan fingerprint density at radius 1 is 1.14 bits per heavy atom. The first-order valence-corrected chi connectivity index (χ1v) is 10.1. The van der Waals surface area contributed by atoms with Gasteiger partial charge in [0.2, 0.25) is 0 Å². The van der Waals surface area contributed by atoms with Crippen molar-refractivity contribution in [3.8, 4) is 17.5 Å². The molecule has 0 fully saturated rings. The minimum Gasteiger partial charge on any atom is -0.465 e. The number of aromatic nitrogens is 4. The number of nitrogens with zero attached hydrogens (tertiary/aromatic N) is 5. The summed E-state index contributed by atoms with van der Waals surface area (Å²) in [6.07, 6.45) is 3.11. The van der Waals surface area contributed by atoms with Gasteiger partial charge < -0.3 is 9.52 Å². The monoisotopic (exact) mass is 393 g/mol. The second-order valence-corrected chi connectivity index (χ2v) is 7.90. The molecular formula is C20H19N5O2S. The van der Waals surface area contributed by atoms with Crippen LogP contribution in [0.15, 0.2) is 40.4 Å². The van der Waals surface area contributed by atoms with Crippen LogP contribution >= 0.6 is 11.3 Å². The van der Waals surface area contributed by atoms with E-state index in [-0.39, 0.29) is 0 Å². The van der Waals surface area contributed by atoms with Crippen LogP contribution in [0.2, 0.25) is 0 Å². The molecular weight excluding hydrogens is 374 g/mol. The average molecular weight is 393 g/mol. The predicted molar refractivity (Wildman–Crippen MR) is 106 cm³/mol. The molecule has 1 aliphatic heterocycles. The van der Waals surface area contributed by atoms with Crippen LogP contribution in [0.4, 0.5) is 0 Å². The highest BCUT2D eigenvalue weighted by Gasteiger charge is 2.22. The number of benzene rings is 1. The molecule has 142 valence electrons. The smallest absolute Gasteiger partial charge is 0.412 e. The van der Waals surface area contributed by atoms with Gasteiger partial charge in [-0.05, 0) is 42.7 Å². The number of fused-ring (bicyclic) bond motifs is 2. The summed E-state index contributed by atoms with van der Waals surface area (Å²) in [6.45, 7) is 4.16. The van der Waals surface area contributed by atoms with Crippen molar-refractivity contribution >= 4 is 21.6 Å². The SMILES string of the molecule is C[C@H](c1ccc2scnc2c1)N1CCc2cc(-c3nnc(O)o3)cnc2CC1. The van der Waals surface area contributed by atoms with Crippen LogP contribution in [-0.4, -0.2) is 43.3 Å².